The summed E-state index contributed by atoms with van der Waals surface area (Å²) in [5.41, 5.74) is -0.471. The summed E-state index contributed by atoms with van der Waals surface area (Å²) in [5, 5.41) is -0.0605. The van der Waals surface area contributed by atoms with Gasteiger partial charge in [0, 0.05) is 12.7 Å². The topological polar surface area (TPSA) is 81.1 Å². The van der Waals surface area contributed by atoms with Crippen LogP contribution in [0.4, 0.5) is 8.78 Å². The number of amides is 1. The lowest BCUT2D eigenvalue weighted by molar-refractivity contribution is 0.0976. The highest BCUT2D eigenvalue weighted by Crippen LogP contribution is 2.27. The minimum Gasteiger partial charge on any atom is -0.330 e. The summed E-state index contributed by atoms with van der Waals surface area (Å²) in [5.74, 6) is -2.91. The SMILES string of the molecule is Cc1c(C(=O)NS(=O)(=O)c2ccccc2Cl)nc(-c2c(F)cccc2F)n1C. The Morgan fingerprint density at radius 1 is 1.11 bits per heavy atom. The number of nitrogens with one attached hydrogen (secondary N) is 1. The molecule has 10 heteroatoms. The predicted molar refractivity (Wildman–Crippen MR) is 99.4 cm³/mol. The van der Waals surface area contributed by atoms with Gasteiger partial charge in [0.15, 0.2) is 5.69 Å². The molecule has 0 aliphatic rings. The molecule has 6 nitrogen and oxygen atoms in total. The van der Waals surface area contributed by atoms with Gasteiger partial charge in [0.2, 0.25) is 0 Å². The summed E-state index contributed by atoms with van der Waals surface area (Å²) >= 11 is 5.88. The van der Waals surface area contributed by atoms with Crippen molar-refractivity contribution in [3.63, 3.8) is 0 Å². The van der Waals surface area contributed by atoms with E-state index in [4.69, 9.17) is 11.6 Å². The van der Waals surface area contributed by atoms with Gasteiger partial charge in [-0.05, 0) is 31.2 Å². The van der Waals surface area contributed by atoms with Crippen molar-refractivity contribution in [1.82, 2.24) is 14.3 Å². The Morgan fingerprint density at radius 2 is 1.71 bits per heavy atom. The molecular formula is C18H14ClF2N3O3S. The molecule has 0 unspecified atom stereocenters. The summed E-state index contributed by atoms with van der Waals surface area (Å²) in [6.07, 6.45) is 0. The fraction of sp³-hybridized carbons (Fsp3) is 0.111. The number of sulfonamides is 1. The molecule has 28 heavy (non-hydrogen) atoms. The quantitative estimate of drug-likeness (QED) is 0.694. The first-order valence-corrected chi connectivity index (χ1v) is 9.79. The maximum absolute atomic E-state index is 14.1. The number of rotatable bonds is 4. The number of carbonyl (C=O) groups is 1. The molecule has 0 bridgehead atoms. The fourth-order valence-corrected chi connectivity index (χ4v) is 4.09. The molecule has 0 radical (unpaired) electrons. The summed E-state index contributed by atoms with van der Waals surface area (Å²) < 4.78 is 56.3. The van der Waals surface area contributed by atoms with Gasteiger partial charge in [0.1, 0.15) is 22.4 Å². The van der Waals surface area contributed by atoms with Crippen molar-refractivity contribution in [2.24, 2.45) is 7.05 Å². The Balaban J connectivity index is 2.02. The zero-order valence-electron chi connectivity index (χ0n) is 14.7. The first kappa shape index (κ1) is 20.0. The number of carbonyl (C=O) groups excluding carboxylic acids is 1. The van der Waals surface area contributed by atoms with Gasteiger partial charge in [-0.15, -0.1) is 0 Å². The molecule has 0 aliphatic carbocycles. The van der Waals surface area contributed by atoms with Crippen molar-refractivity contribution in [2.75, 3.05) is 0 Å². The molecular weight excluding hydrogens is 412 g/mol. The molecule has 1 aromatic heterocycles. The molecule has 0 saturated carbocycles. The first-order valence-electron chi connectivity index (χ1n) is 7.93. The minimum absolute atomic E-state index is 0.0605. The van der Waals surface area contributed by atoms with E-state index in [1.165, 1.54) is 42.8 Å². The van der Waals surface area contributed by atoms with E-state index in [2.05, 4.69) is 4.98 Å². The molecule has 1 N–H and O–H groups in total. The number of imidazole rings is 1. The van der Waals surface area contributed by atoms with Crippen LogP contribution in [0.3, 0.4) is 0 Å². The monoisotopic (exact) mass is 425 g/mol. The molecule has 0 saturated heterocycles. The van der Waals surface area contributed by atoms with Crippen LogP contribution < -0.4 is 4.72 Å². The third kappa shape index (κ3) is 3.50. The zero-order valence-corrected chi connectivity index (χ0v) is 16.3. The van der Waals surface area contributed by atoms with Gasteiger partial charge in [-0.3, -0.25) is 4.79 Å². The molecule has 1 heterocycles. The molecule has 3 aromatic rings. The molecule has 3 rings (SSSR count). The van der Waals surface area contributed by atoms with Gasteiger partial charge in [-0.2, -0.15) is 0 Å². The lowest BCUT2D eigenvalue weighted by atomic mass is 10.2. The van der Waals surface area contributed by atoms with Crippen LogP contribution in [-0.4, -0.2) is 23.9 Å². The number of halogens is 3. The summed E-state index contributed by atoms with van der Waals surface area (Å²) in [7, 11) is -2.81. The smallest absolute Gasteiger partial charge is 0.285 e. The Labute approximate surface area is 164 Å². The largest absolute Gasteiger partial charge is 0.330 e. The molecule has 0 atom stereocenters. The van der Waals surface area contributed by atoms with Crippen molar-refractivity contribution in [1.29, 1.82) is 0 Å². The van der Waals surface area contributed by atoms with Crippen LogP contribution in [0.2, 0.25) is 5.02 Å². The second-order valence-electron chi connectivity index (χ2n) is 5.89. The second-order valence-corrected chi connectivity index (χ2v) is 7.95. The minimum atomic E-state index is -4.27. The Bertz CT molecular complexity index is 1170. The highest BCUT2D eigenvalue weighted by atomic mass is 35.5. The van der Waals surface area contributed by atoms with Crippen molar-refractivity contribution in [2.45, 2.75) is 11.8 Å². The second kappa shape index (κ2) is 7.33. The van der Waals surface area contributed by atoms with Crippen LogP contribution in [0.5, 0.6) is 0 Å². The van der Waals surface area contributed by atoms with E-state index in [1.54, 1.807) is 6.07 Å². The van der Waals surface area contributed by atoms with E-state index in [-0.39, 0.29) is 27.1 Å². The molecule has 2 aromatic carbocycles. The Kier molecular flexibility index (Phi) is 5.22. The summed E-state index contributed by atoms with van der Waals surface area (Å²) in [6.45, 7) is 1.48. The van der Waals surface area contributed by atoms with Crippen LogP contribution >= 0.6 is 11.6 Å². The lowest BCUT2D eigenvalue weighted by Gasteiger charge is -2.07. The van der Waals surface area contributed by atoms with Crippen molar-refractivity contribution >= 4 is 27.5 Å². The number of hydrogen-bond acceptors (Lipinski definition) is 4. The van der Waals surface area contributed by atoms with Crippen LogP contribution in [0.15, 0.2) is 47.4 Å². The normalized spacial score (nSPS) is 11.5. The Morgan fingerprint density at radius 3 is 2.32 bits per heavy atom. The maximum Gasteiger partial charge on any atom is 0.285 e. The van der Waals surface area contributed by atoms with Gasteiger partial charge in [-0.25, -0.2) is 26.9 Å². The molecule has 0 spiro atoms. The molecule has 1 amide bonds. The Hall–Kier alpha value is -2.78. The third-order valence-electron chi connectivity index (χ3n) is 4.14. The lowest BCUT2D eigenvalue weighted by Crippen LogP contribution is -2.31. The van der Waals surface area contributed by atoms with E-state index in [0.29, 0.717) is 0 Å². The highest BCUT2D eigenvalue weighted by molar-refractivity contribution is 7.90. The van der Waals surface area contributed by atoms with Crippen molar-refractivity contribution < 1.29 is 22.0 Å². The number of aromatic nitrogens is 2. The number of benzene rings is 2. The van der Waals surface area contributed by atoms with Gasteiger partial charge in [-0.1, -0.05) is 29.8 Å². The van der Waals surface area contributed by atoms with Crippen LogP contribution in [0, 0.1) is 18.6 Å². The van der Waals surface area contributed by atoms with Gasteiger partial charge >= 0.3 is 0 Å². The highest BCUT2D eigenvalue weighted by Gasteiger charge is 2.27. The van der Waals surface area contributed by atoms with Crippen molar-refractivity contribution in [3.8, 4) is 11.4 Å². The van der Waals surface area contributed by atoms with Gasteiger partial charge in [0.05, 0.1) is 10.6 Å². The zero-order chi connectivity index (χ0) is 20.6. The van der Waals surface area contributed by atoms with E-state index in [0.717, 1.165) is 12.1 Å². The van der Waals surface area contributed by atoms with E-state index in [9.17, 15) is 22.0 Å². The molecule has 0 aliphatic heterocycles. The first-order chi connectivity index (χ1) is 13.1. The standard InChI is InChI=1S/C18H14ClF2N3O3S/c1-10-16(18(25)23-28(26,27)14-9-4-3-6-11(14)19)22-17(24(10)2)15-12(20)7-5-8-13(15)21/h3-9H,1-2H3,(H,23,25). The van der Waals surface area contributed by atoms with Crippen LogP contribution in [-0.2, 0) is 17.1 Å². The summed E-state index contributed by atoms with van der Waals surface area (Å²) in [4.78, 5) is 16.2. The maximum atomic E-state index is 14.1. The van der Waals surface area contributed by atoms with Gasteiger partial charge in [0.25, 0.3) is 15.9 Å². The number of nitrogens with zero attached hydrogens (tertiary/aromatic N) is 2. The summed E-state index contributed by atoms with van der Waals surface area (Å²) in [6, 6.07) is 8.92. The molecule has 146 valence electrons. The van der Waals surface area contributed by atoms with Crippen molar-refractivity contribution in [3.05, 3.63) is 70.5 Å². The van der Waals surface area contributed by atoms with Gasteiger partial charge < -0.3 is 4.57 Å². The average Bonchev–Trinajstić information content (AvgIpc) is 2.90. The third-order valence-corrected chi connectivity index (χ3v) is 5.97. The van der Waals surface area contributed by atoms with Crippen LogP contribution in [0.1, 0.15) is 16.2 Å². The van der Waals surface area contributed by atoms with Crippen LogP contribution in [0.25, 0.3) is 11.4 Å². The van der Waals surface area contributed by atoms with E-state index >= 15 is 0 Å². The number of hydrogen-bond donors (Lipinski definition) is 1. The fourth-order valence-electron chi connectivity index (χ4n) is 2.62. The predicted octanol–water partition coefficient (Wildman–Crippen LogP) is 3.45. The van der Waals surface area contributed by atoms with E-state index < -0.39 is 33.1 Å². The van der Waals surface area contributed by atoms with E-state index in [1.807, 2.05) is 4.72 Å². The average molecular weight is 426 g/mol. The molecule has 0 fully saturated rings.